The first kappa shape index (κ1) is 20.1. The van der Waals surface area contributed by atoms with Crippen LogP contribution in [0.15, 0.2) is 53.1 Å². The fourth-order valence-electron chi connectivity index (χ4n) is 2.52. The van der Waals surface area contributed by atoms with Gasteiger partial charge >= 0.3 is 0 Å². The molecule has 0 saturated carbocycles. The van der Waals surface area contributed by atoms with Crippen LogP contribution < -0.4 is 10.7 Å². The summed E-state index contributed by atoms with van der Waals surface area (Å²) in [5.74, 6) is -0.122. The van der Waals surface area contributed by atoms with E-state index in [1.165, 1.54) is 5.01 Å². The highest BCUT2D eigenvalue weighted by atomic mass is 35.5. The summed E-state index contributed by atoms with van der Waals surface area (Å²) in [5.41, 5.74) is 4.42. The number of nitrogens with zero attached hydrogens (tertiary/aromatic N) is 2. The van der Waals surface area contributed by atoms with Gasteiger partial charge < -0.3 is 9.84 Å². The molecule has 0 spiro atoms. The van der Waals surface area contributed by atoms with Gasteiger partial charge in [0.1, 0.15) is 17.0 Å². The number of benzene rings is 2. The number of carbonyl (C=O) groups is 1. The number of para-hydroxylation sites is 1. The minimum Gasteiger partial charge on any atom is -0.360 e. The number of halogens is 2. The van der Waals surface area contributed by atoms with Crippen molar-refractivity contribution in [3.8, 4) is 11.3 Å². The highest BCUT2D eigenvalue weighted by molar-refractivity contribution is 7.80. The number of hydrogen-bond acceptors (Lipinski definition) is 4. The maximum absolute atomic E-state index is 12.9. The third-order valence-corrected chi connectivity index (χ3v) is 4.89. The fraction of sp³-hybridized carbons (Fsp3) is 0.105. The van der Waals surface area contributed by atoms with Crippen molar-refractivity contribution in [3.63, 3.8) is 0 Å². The Morgan fingerprint density at radius 3 is 2.39 bits per heavy atom. The van der Waals surface area contributed by atoms with Crippen LogP contribution in [0.1, 0.15) is 16.1 Å². The smallest absolute Gasteiger partial charge is 0.275 e. The van der Waals surface area contributed by atoms with Crippen LogP contribution >= 0.6 is 35.4 Å². The van der Waals surface area contributed by atoms with Crippen molar-refractivity contribution in [1.29, 1.82) is 0 Å². The van der Waals surface area contributed by atoms with Crippen molar-refractivity contribution in [2.24, 2.45) is 0 Å². The summed E-state index contributed by atoms with van der Waals surface area (Å²) < 4.78 is 5.22. The van der Waals surface area contributed by atoms with Crippen molar-refractivity contribution < 1.29 is 9.32 Å². The molecule has 0 bridgehead atoms. The number of hydrogen-bond donors (Lipinski definition) is 2. The lowest BCUT2D eigenvalue weighted by molar-refractivity contribution is 0.0887. The number of thiocarbonyl (C=S) groups is 1. The van der Waals surface area contributed by atoms with E-state index in [1.807, 2.05) is 30.3 Å². The summed E-state index contributed by atoms with van der Waals surface area (Å²) in [7, 11) is 1.63. The molecule has 28 heavy (non-hydrogen) atoms. The molecule has 1 amide bonds. The summed E-state index contributed by atoms with van der Waals surface area (Å²) in [6.45, 7) is 1.64. The van der Waals surface area contributed by atoms with Gasteiger partial charge in [-0.3, -0.25) is 15.2 Å². The topological polar surface area (TPSA) is 70.4 Å². The number of carbonyl (C=O) groups excluding carboxylic acids is 1. The molecule has 2 N–H and O–H groups in total. The molecule has 1 heterocycles. The minimum atomic E-state index is -0.454. The Kier molecular flexibility index (Phi) is 6.18. The van der Waals surface area contributed by atoms with Gasteiger partial charge in [-0.1, -0.05) is 52.6 Å². The zero-order chi connectivity index (χ0) is 20.3. The van der Waals surface area contributed by atoms with Gasteiger partial charge in [0.25, 0.3) is 5.91 Å². The number of aromatic nitrogens is 1. The predicted molar refractivity (Wildman–Crippen MR) is 115 cm³/mol. The van der Waals surface area contributed by atoms with Gasteiger partial charge in [0, 0.05) is 18.3 Å². The monoisotopic (exact) mass is 434 g/mol. The molecule has 6 nitrogen and oxygen atoms in total. The molecule has 0 aliphatic heterocycles. The summed E-state index contributed by atoms with van der Waals surface area (Å²) in [5, 5.41) is 9.45. The zero-order valence-corrected chi connectivity index (χ0v) is 17.3. The molecule has 0 atom stereocenters. The molecule has 3 rings (SSSR count). The third-order valence-electron chi connectivity index (χ3n) is 3.89. The molecule has 9 heteroatoms. The van der Waals surface area contributed by atoms with Crippen molar-refractivity contribution in [1.82, 2.24) is 15.6 Å². The predicted octanol–water partition coefficient (Wildman–Crippen LogP) is 4.93. The highest BCUT2D eigenvalue weighted by Crippen LogP contribution is 2.36. The van der Waals surface area contributed by atoms with Gasteiger partial charge in [-0.2, -0.15) is 0 Å². The second-order valence-corrected chi connectivity index (χ2v) is 7.06. The molecule has 2 aromatic carbocycles. The SMILES string of the molecule is Cc1onc(-c2c(Cl)cccc2Cl)c1C(=O)NN(C)C(=S)Nc1ccccc1. The number of rotatable bonds is 3. The van der Waals surface area contributed by atoms with Crippen molar-refractivity contribution in [3.05, 3.63) is 69.9 Å². The molecule has 1 aromatic heterocycles. The lowest BCUT2D eigenvalue weighted by Gasteiger charge is -2.21. The number of amides is 1. The summed E-state index contributed by atoms with van der Waals surface area (Å²) >= 11 is 17.8. The quantitative estimate of drug-likeness (QED) is 0.449. The molecule has 0 unspecified atom stereocenters. The maximum Gasteiger partial charge on any atom is 0.275 e. The average Bonchev–Trinajstić information content (AvgIpc) is 3.03. The Balaban J connectivity index is 1.82. The van der Waals surface area contributed by atoms with Gasteiger partial charge in [0.15, 0.2) is 5.11 Å². The van der Waals surface area contributed by atoms with E-state index in [2.05, 4.69) is 15.9 Å². The van der Waals surface area contributed by atoms with Crippen LogP contribution in [-0.2, 0) is 0 Å². The second-order valence-electron chi connectivity index (χ2n) is 5.86. The van der Waals surface area contributed by atoms with Crippen LogP contribution in [0.2, 0.25) is 10.0 Å². The van der Waals surface area contributed by atoms with Crippen LogP contribution in [0, 0.1) is 6.92 Å². The van der Waals surface area contributed by atoms with Crippen LogP contribution in [0.5, 0.6) is 0 Å². The first-order valence-corrected chi connectivity index (χ1v) is 9.36. The van der Waals surface area contributed by atoms with E-state index < -0.39 is 5.91 Å². The molecule has 0 aliphatic carbocycles. The van der Waals surface area contributed by atoms with E-state index in [0.717, 1.165) is 5.69 Å². The number of hydrazine groups is 1. The first-order chi connectivity index (χ1) is 13.4. The van der Waals surface area contributed by atoms with Gasteiger partial charge in [0.2, 0.25) is 0 Å². The molecular formula is C19H16Cl2N4O2S. The van der Waals surface area contributed by atoms with Gasteiger partial charge in [-0.15, -0.1) is 0 Å². The van der Waals surface area contributed by atoms with Crippen LogP contribution in [0.4, 0.5) is 5.69 Å². The highest BCUT2D eigenvalue weighted by Gasteiger charge is 2.25. The largest absolute Gasteiger partial charge is 0.360 e. The van der Waals surface area contributed by atoms with E-state index >= 15 is 0 Å². The zero-order valence-electron chi connectivity index (χ0n) is 15.0. The van der Waals surface area contributed by atoms with Crippen LogP contribution in [-0.4, -0.2) is 28.2 Å². The van der Waals surface area contributed by atoms with Gasteiger partial charge in [0.05, 0.1) is 10.0 Å². The molecular weight excluding hydrogens is 419 g/mol. The van der Waals surface area contributed by atoms with Crippen molar-refractivity contribution in [2.45, 2.75) is 6.92 Å². The molecule has 3 aromatic rings. The summed E-state index contributed by atoms with van der Waals surface area (Å²) in [4.78, 5) is 12.9. The Morgan fingerprint density at radius 1 is 1.11 bits per heavy atom. The Hall–Kier alpha value is -2.61. The molecule has 0 radical (unpaired) electrons. The molecule has 144 valence electrons. The average molecular weight is 435 g/mol. The Labute approximate surface area is 177 Å². The summed E-state index contributed by atoms with van der Waals surface area (Å²) in [6.07, 6.45) is 0. The van der Waals surface area contributed by atoms with E-state index in [4.69, 9.17) is 39.9 Å². The fourth-order valence-corrected chi connectivity index (χ4v) is 3.26. The van der Waals surface area contributed by atoms with Crippen molar-refractivity contribution >= 4 is 52.1 Å². The normalized spacial score (nSPS) is 10.4. The Morgan fingerprint density at radius 2 is 1.75 bits per heavy atom. The molecule has 0 aliphatic rings. The number of aryl methyl sites for hydroxylation is 1. The maximum atomic E-state index is 12.9. The van der Waals surface area contributed by atoms with Crippen LogP contribution in [0.3, 0.4) is 0 Å². The Bertz CT molecular complexity index is 1000. The molecule has 0 fully saturated rings. The summed E-state index contributed by atoms with van der Waals surface area (Å²) in [6, 6.07) is 14.4. The number of anilines is 1. The second kappa shape index (κ2) is 8.60. The first-order valence-electron chi connectivity index (χ1n) is 8.20. The van der Waals surface area contributed by atoms with E-state index in [-0.39, 0.29) is 11.3 Å². The molecule has 0 saturated heterocycles. The van der Waals surface area contributed by atoms with Gasteiger partial charge in [-0.05, 0) is 43.4 Å². The lowest BCUT2D eigenvalue weighted by Crippen LogP contribution is -2.45. The van der Waals surface area contributed by atoms with Crippen molar-refractivity contribution in [2.75, 3.05) is 12.4 Å². The van der Waals surface area contributed by atoms with E-state index in [1.54, 1.807) is 32.2 Å². The minimum absolute atomic E-state index is 0.226. The van der Waals surface area contributed by atoms with E-state index in [9.17, 15) is 4.79 Å². The standard InChI is InChI=1S/C19H16Cl2N4O2S/c1-11-15(17(24-27-11)16-13(20)9-6-10-14(16)21)18(26)23-25(2)19(28)22-12-7-4-3-5-8-12/h3-10H,1-2H3,(H,22,28)(H,23,26). The van der Waals surface area contributed by atoms with Gasteiger partial charge in [-0.25, -0.2) is 0 Å². The third kappa shape index (κ3) is 4.27. The lowest BCUT2D eigenvalue weighted by atomic mass is 10.1. The number of nitrogens with one attached hydrogen (secondary N) is 2. The van der Waals surface area contributed by atoms with Crippen LogP contribution in [0.25, 0.3) is 11.3 Å². The van der Waals surface area contributed by atoms with E-state index in [0.29, 0.717) is 26.5 Å².